The molecule has 0 aromatic heterocycles. The Balaban J connectivity index is 1.87. The largest absolute Gasteiger partial charge is 0.475 e. The average molecular weight is 443 g/mol. The van der Waals surface area contributed by atoms with E-state index in [0.717, 1.165) is 21.8 Å². The van der Waals surface area contributed by atoms with Crippen molar-refractivity contribution in [3.8, 4) is 5.75 Å². The highest BCUT2D eigenvalue weighted by molar-refractivity contribution is 9.11. The predicted molar refractivity (Wildman–Crippen MR) is 92.8 cm³/mol. The van der Waals surface area contributed by atoms with Crippen molar-refractivity contribution >= 4 is 37.8 Å². The smallest absolute Gasteiger partial charge is 0.266 e. The number of hydrogen-bond acceptors (Lipinski definition) is 2. The molecule has 2 aromatic carbocycles. The summed E-state index contributed by atoms with van der Waals surface area (Å²) in [5.41, 5.74) is 0.611. The second-order valence-corrected chi connectivity index (χ2v) is 7.18. The van der Waals surface area contributed by atoms with E-state index in [0.29, 0.717) is 11.3 Å². The summed E-state index contributed by atoms with van der Waals surface area (Å²) in [6.45, 7) is 0. The number of nitrogens with one attached hydrogen (secondary N) is 1. The zero-order valence-corrected chi connectivity index (χ0v) is 15.2. The van der Waals surface area contributed by atoms with Crippen LogP contribution in [0.5, 0.6) is 5.75 Å². The summed E-state index contributed by atoms with van der Waals surface area (Å²) in [4.78, 5) is 12.5. The summed E-state index contributed by atoms with van der Waals surface area (Å²) in [6.07, 6.45) is 1.15. The van der Waals surface area contributed by atoms with Crippen molar-refractivity contribution < 1.29 is 13.9 Å². The van der Waals surface area contributed by atoms with E-state index in [9.17, 15) is 9.18 Å². The topological polar surface area (TPSA) is 38.3 Å². The van der Waals surface area contributed by atoms with Gasteiger partial charge in [0.15, 0.2) is 0 Å². The Morgan fingerprint density at radius 2 is 1.87 bits per heavy atom. The van der Waals surface area contributed by atoms with E-state index in [-0.39, 0.29) is 17.8 Å². The number of halogens is 3. The van der Waals surface area contributed by atoms with Crippen LogP contribution in [0.15, 0.2) is 51.4 Å². The fraction of sp³-hybridized carbons (Fsp3) is 0.235. The summed E-state index contributed by atoms with van der Waals surface area (Å²) < 4.78 is 20.7. The molecular weight excluding hydrogens is 429 g/mol. The van der Waals surface area contributed by atoms with E-state index < -0.39 is 6.10 Å². The van der Waals surface area contributed by atoms with Gasteiger partial charge in [-0.2, -0.15) is 0 Å². The number of hydrogen-bond donors (Lipinski definition) is 1. The van der Waals surface area contributed by atoms with Crippen LogP contribution in [0.2, 0.25) is 0 Å². The van der Waals surface area contributed by atoms with E-state index >= 15 is 0 Å². The SMILES string of the molecule is O=C(NC1CC1)[C@@H](Oc1ccc(Br)cc1Br)c1ccc(F)cc1. The molecule has 1 aliphatic rings. The standard InChI is InChI=1S/C17H14Br2FNO2/c18-11-3-8-15(14(19)9-11)23-16(17(22)21-13-6-7-13)10-1-4-12(20)5-2-10/h1-5,8-9,13,16H,6-7H2,(H,21,22)/t16-/m0/s1. The van der Waals surface area contributed by atoms with Gasteiger partial charge in [0, 0.05) is 16.1 Å². The first-order valence-electron chi connectivity index (χ1n) is 7.20. The van der Waals surface area contributed by atoms with Crippen LogP contribution in [0, 0.1) is 5.82 Å². The summed E-state index contributed by atoms with van der Waals surface area (Å²) in [6, 6.07) is 11.5. The molecule has 3 rings (SSSR count). The van der Waals surface area contributed by atoms with Gasteiger partial charge >= 0.3 is 0 Å². The number of rotatable bonds is 5. The van der Waals surface area contributed by atoms with Gasteiger partial charge in [0.1, 0.15) is 11.6 Å². The second kappa shape index (κ2) is 7.01. The molecule has 1 amide bonds. The van der Waals surface area contributed by atoms with Gasteiger partial charge in [-0.1, -0.05) is 28.1 Å². The highest BCUT2D eigenvalue weighted by Crippen LogP contribution is 2.32. The van der Waals surface area contributed by atoms with Crippen molar-refractivity contribution in [2.45, 2.75) is 25.0 Å². The van der Waals surface area contributed by atoms with Crippen LogP contribution in [0.1, 0.15) is 24.5 Å². The summed E-state index contributed by atoms with van der Waals surface area (Å²) >= 11 is 6.80. The molecule has 1 atom stereocenters. The van der Waals surface area contributed by atoms with E-state index in [4.69, 9.17) is 4.74 Å². The molecule has 1 N–H and O–H groups in total. The van der Waals surface area contributed by atoms with Crippen molar-refractivity contribution in [2.24, 2.45) is 0 Å². The first-order valence-corrected chi connectivity index (χ1v) is 8.79. The van der Waals surface area contributed by atoms with Crippen molar-refractivity contribution in [3.63, 3.8) is 0 Å². The molecule has 6 heteroatoms. The Morgan fingerprint density at radius 1 is 1.17 bits per heavy atom. The molecule has 3 nitrogen and oxygen atoms in total. The maximum absolute atomic E-state index is 13.2. The highest BCUT2D eigenvalue weighted by Gasteiger charge is 2.30. The van der Waals surface area contributed by atoms with E-state index in [1.807, 2.05) is 12.1 Å². The molecule has 2 aromatic rings. The van der Waals surface area contributed by atoms with E-state index in [2.05, 4.69) is 37.2 Å². The van der Waals surface area contributed by atoms with Gasteiger partial charge in [-0.3, -0.25) is 4.79 Å². The number of ether oxygens (including phenoxy) is 1. The number of benzene rings is 2. The van der Waals surface area contributed by atoms with Crippen LogP contribution in [-0.2, 0) is 4.79 Å². The van der Waals surface area contributed by atoms with Crippen LogP contribution in [-0.4, -0.2) is 11.9 Å². The minimum Gasteiger partial charge on any atom is -0.475 e. The predicted octanol–water partition coefficient (Wildman–Crippen LogP) is 4.75. The van der Waals surface area contributed by atoms with Crippen molar-refractivity contribution in [1.82, 2.24) is 5.32 Å². The van der Waals surface area contributed by atoms with Gasteiger partial charge in [0.25, 0.3) is 5.91 Å². The molecule has 0 unspecified atom stereocenters. The first-order chi connectivity index (χ1) is 11.0. The minimum atomic E-state index is -0.825. The zero-order chi connectivity index (χ0) is 16.4. The van der Waals surface area contributed by atoms with Crippen molar-refractivity contribution in [2.75, 3.05) is 0 Å². The normalized spacial score (nSPS) is 15.1. The molecule has 0 spiro atoms. The average Bonchev–Trinajstić information content (AvgIpc) is 3.31. The van der Waals surface area contributed by atoms with Gasteiger partial charge in [-0.25, -0.2) is 4.39 Å². The molecule has 1 saturated carbocycles. The Labute approximate surface area is 150 Å². The van der Waals surface area contributed by atoms with Crippen LogP contribution in [0.3, 0.4) is 0 Å². The summed E-state index contributed by atoms with van der Waals surface area (Å²) in [7, 11) is 0. The molecule has 120 valence electrons. The van der Waals surface area contributed by atoms with Gasteiger partial charge in [0.2, 0.25) is 6.10 Å². The lowest BCUT2D eigenvalue weighted by molar-refractivity contribution is -0.128. The maximum Gasteiger partial charge on any atom is 0.266 e. The van der Waals surface area contributed by atoms with Gasteiger partial charge < -0.3 is 10.1 Å². The van der Waals surface area contributed by atoms with E-state index in [1.54, 1.807) is 18.2 Å². The fourth-order valence-electron chi connectivity index (χ4n) is 2.11. The minimum absolute atomic E-state index is 0.214. The third kappa shape index (κ3) is 4.32. The molecule has 23 heavy (non-hydrogen) atoms. The molecule has 0 radical (unpaired) electrons. The van der Waals surface area contributed by atoms with Crippen LogP contribution in [0.4, 0.5) is 4.39 Å². The Hall–Kier alpha value is -1.40. The number of carbonyl (C=O) groups is 1. The maximum atomic E-state index is 13.2. The lowest BCUT2D eigenvalue weighted by atomic mass is 10.1. The van der Waals surface area contributed by atoms with E-state index in [1.165, 1.54) is 12.1 Å². The molecular formula is C17H14Br2FNO2. The van der Waals surface area contributed by atoms with Crippen LogP contribution >= 0.6 is 31.9 Å². The Morgan fingerprint density at radius 3 is 2.48 bits per heavy atom. The van der Waals surface area contributed by atoms with Crippen molar-refractivity contribution in [1.29, 1.82) is 0 Å². The lowest BCUT2D eigenvalue weighted by Gasteiger charge is -2.20. The van der Waals surface area contributed by atoms with Gasteiger partial charge in [-0.05, 0) is 59.1 Å². The fourth-order valence-corrected chi connectivity index (χ4v) is 3.25. The lowest BCUT2D eigenvalue weighted by Crippen LogP contribution is -2.33. The molecule has 1 fully saturated rings. The molecule has 1 aliphatic carbocycles. The molecule has 0 saturated heterocycles. The summed E-state index contributed by atoms with van der Waals surface area (Å²) in [5.74, 6) is -0.0117. The van der Waals surface area contributed by atoms with Gasteiger partial charge in [0.05, 0.1) is 4.47 Å². The molecule has 0 heterocycles. The first kappa shape index (κ1) is 16.5. The third-order valence-electron chi connectivity index (χ3n) is 3.47. The quantitative estimate of drug-likeness (QED) is 0.725. The summed E-state index contributed by atoms with van der Waals surface area (Å²) in [5, 5.41) is 2.94. The number of amides is 1. The van der Waals surface area contributed by atoms with Crippen molar-refractivity contribution in [3.05, 3.63) is 62.8 Å². The van der Waals surface area contributed by atoms with Crippen LogP contribution in [0.25, 0.3) is 0 Å². The van der Waals surface area contributed by atoms with Crippen LogP contribution < -0.4 is 10.1 Å². The highest BCUT2D eigenvalue weighted by atomic mass is 79.9. The molecule has 0 bridgehead atoms. The third-order valence-corrected chi connectivity index (χ3v) is 4.59. The number of carbonyl (C=O) groups excluding carboxylic acids is 1. The monoisotopic (exact) mass is 441 g/mol. The Kier molecular flexibility index (Phi) is 5.02. The molecule has 0 aliphatic heterocycles. The second-order valence-electron chi connectivity index (χ2n) is 5.41. The Bertz CT molecular complexity index is 717. The zero-order valence-electron chi connectivity index (χ0n) is 12.1. The van der Waals surface area contributed by atoms with Gasteiger partial charge in [-0.15, -0.1) is 0 Å².